The molecule has 0 radical (unpaired) electrons. The van der Waals surface area contributed by atoms with E-state index in [1.165, 1.54) is 6.92 Å². The normalized spacial score (nSPS) is 9.75. The summed E-state index contributed by atoms with van der Waals surface area (Å²) in [6.07, 6.45) is 3.79. The Labute approximate surface area is 49.6 Å². The van der Waals surface area contributed by atoms with Gasteiger partial charge in [0.1, 0.15) is 0 Å². The molecule has 0 aromatic rings. The Morgan fingerprint density at radius 2 is 2.38 bits per heavy atom. The highest BCUT2D eigenvalue weighted by molar-refractivity contribution is 5.72. The van der Waals surface area contributed by atoms with Crippen LogP contribution in [0, 0.1) is 0 Å². The van der Waals surface area contributed by atoms with Gasteiger partial charge in [0.25, 0.3) is 0 Å². The summed E-state index contributed by atoms with van der Waals surface area (Å²) in [4.78, 5) is 10.2. The van der Waals surface area contributed by atoms with E-state index >= 15 is 0 Å². The van der Waals surface area contributed by atoms with Crippen molar-refractivity contribution in [2.24, 2.45) is 0 Å². The second kappa shape index (κ2) is 4.37. The summed E-state index contributed by atoms with van der Waals surface area (Å²) < 4.78 is 0. The molecule has 0 spiro atoms. The van der Waals surface area contributed by atoms with Crippen LogP contribution in [0.2, 0.25) is 0 Å². The van der Waals surface area contributed by atoms with Crippen molar-refractivity contribution in [2.45, 2.75) is 13.8 Å². The van der Waals surface area contributed by atoms with Crippen LogP contribution in [0.4, 0.5) is 0 Å². The second-order valence-corrected chi connectivity index (χ2v) is 1.51. The van der Waals surface area contributed by atoms with Gasteiger partial charge in [-0.2, -0.15) is 0 Å². The molecule has 8 heavy (non-hydrogen) atoms. The molecule has 0 aliphatic carbocycles. The van der Waals surface area contributed by atoms with E-state index in [-0.39, 0.29) is 5.91 Å². The van der Waals surface area contributed by atoms with Crippen molar-refractivity contribution >= 4 is 5.91 Å². The number of amides is 1. The first-order valence-corrected chi connectivity index (χ1v) is 2.63. The highest BCUT2D eigenvalue weighted by Crippen LogP contribution is 1.66. The summed E-state index contributed by atoms with van der Waals surface area (Å²) in [5.74, 6) is 0.0168. The van der Waals surface area contributed by atoms with Crippen LogP contribution in [-0.4, -0.2) is 12.5 Å². The lowest BCUT2D eigenvalue weighted by atomic mass is 10.5. The van der Waals surface area contributed by atoms with E-state index in [2.05, 4.69) is 5.32 Å². The Kier molecular flexibility index (Phi) is 3.94. The van der Waals surface area contributed by atoms with Crippen LogP contribution >= 0.6 is 0 Å². The first-order valence-electron chi connectivity index (χ1n) is 2.63. The zero-order valence-corrected chi connectivity index (χ0v) is 5.27. The van der Waals surface area contributed by atoms with Gasteiger partial charge in [0.05, 0.1) is 0 Å². The minimum atomic E-state index is 0.0168. The van der Waals surface area contributed by atoms with Gasteiger partial charge >= 0.3 is 0 Å². The third kappa shape index (κ3) is 5.21. The van der Waals surface area contributed by atoms with Gasteiger partial charge < -0.3 is 5.32 Å². The number of hydrogen-bond donors (Lipinski definition) is 1. The number of rotatable bonds is 2. The molecule has 1 N–H and O–H groups in total. The van der Waals surface area contributed by atoms with Crippen LogP contribution in [0.5, 0.6) is 0 Å². The third-order valence-electron chi connectivity index (χ3n) is 0.705. The van der Waals surface area contributed by atoms with E-state index in [4.69, 9.17) is 0 Å². The van der Waals surface area contributed by atoms with Gasteiger partial charge in [-0.25, -0.2) is 0 Å². The topological polar surface area (TPSA) is 29.1 Å². The Hall–Kier alpha value is -0.790. The summed E-state index contributed by atoms with van der Waals surface area (Å²) in [7, 11) is 0. The molecule has 0 aromatic heterocycles. The minimum Gasteiger partial charge on any atom is -0.353 e. The lowest BCUT2D eigenvalue weighted by Crippen LogP contribution is -2.19. The van der Waals surface area contributed by atoms with Crippen molar-refractivity contribution in [1.29, 1.82) is 0 Å². The first-order chi connectivity index (χ1) is 3.77. The van der Waals surface area contributed by atoms with Gasteiger partial charge in [0.2, 0.25) is 5.91 Å². The molecule has 0 heterocycles. The van der Waals surface area contributed by atoms with Crippen LogP contribution in [0.3, 0.4) is 0 Å². The number of carbonyl (C=O) groups is 1. The van der Waals surface area contributed by atoms with Gasteiger partial charge in [0.15, 0.2) is 0 Å². The van der Waals surface area contributed by atoms with E-state index in [9.17, 15) is 4.79 Å². The summed E-state index contributed by atoms with van der Waals surface area (Å²) >= 11 is 0. The average molecular weight is 113 g/mol. The van der Waals surface area contributed by atoms with Crippen LogP contribution in [0.15, 0.2) is 12.2 Å². The van der Waals surface area contributed by atoms with E-state index in [1.807, 2.05) is 19.1 Å². The third-order valence-corrected chi connectivity index (χ3v) is 0.705. The summed E-state index contributed by atoms with van der Waals surface area (Å²) in [6.45, 7) is 4.07. The van der Waals surface area contributed by atoms with Crippen molar-refractivity contribution < 1.29 is 4.79 Å². The molecule has 0 rings (SSSR count). The Balaban J connectivity index is 3.05. The van der Waals surface area contributed by atoms with E-state index in [0.29, 0.717) is 6.54 Å². The number of nitrogens with one attached hydrogen (secondary N) is 1. The van der Waals surface area contributed by atoms with Crippen molar-refractivity contribution in [3.8, 4) is 0 Å². The lowest BCUT2D eigenvalue weighted by Gasteiger charge is -1.91. The molecule has 0 aliphatic rings. The molecule has 2 nitrogen and oxygen atoms in total. The molecule has 0 bridgehead atoms. The van der Waals surface area contributed by atoms with Gasteiger partial charge in [-0.05, 0) is 6.92 Å². The molecule has 0 unspecified atom stereocenters. The summed E-state index contributed by atoms with van der Waals surface area (Å²) in [5.41, 5.74) is 0. The largest absolute Gasteiger partial charge is 0.353 e. The summed E-state index contributed by atoms with van der Waals surface area (Å²) in [6, 6.07) is 0. The van der Waals surface area contributed by atoms with Crippen molar-refractivity contribution in [3.63, 3.8) is 0 Å². The molecule has 2 heteroatoms. The molecule has 0 saturated carbocycles. The van der Waals surface area contributed by atoms with E-state index in [0.717, 1.165) is 0 Å². The Morgan fingerprint density at radius 1 is 1.75 bits per heavy atom. The molecule has 0 saturated heterocycles. The average Bonchev–Trinajstić information content (AvgIpc) is 1.66. The maximum absolute atomic E-state index is 10.2. The molecule has 0 atom stereocenters. The smallest absolute Gasteiger partial charge is 0.217 e. The van der Waals surface area contributed by atoms with Crippen LogP contribution in [0.1, 0.15) is 13.8 Å². The molecular formula is C6H11NO. The zero-order chi connectivity index (χ0) is 6.41. The van der Waals surface area contributed by atoms with E-state index < -0.39 is 0 Å². The summed E-state index contributed by atoms with van der Waals surface area (Å²) in [5, 5.41) is 2.62. The fourth-order valence-corrected chi connectivity index (χ4v) is 0.321. The Morgan fingerprint density at radius 3 is 2.75 bits per heavy atom. The van der Waals surface area contributed by atoms with Gasteiger partial charge in [0, 0.05) is 13.5 Å². The van der Waals surface area contributed by atoms with Crippen LogP contribution < -0.4 is 5.32 Å². The van der Waals surface area contributed by atoms with Crippen molar-refractivity contribution in [3.05, 3.63) is 12.2 Å². The fourth-order valence-electron chi connectivity index (χ4n) is 0.321. The fraction of sp³-hybridized carbons (Fsp3) is 0.500. The number of hydrogen-bond acceptors (Lipinski definition) is 1. The first kappa shape index (κ1) is 7.21. The predicted octanol–water partition coefficient (Wildman–Crippen LogP) is 0.699. The maximum atomic E-state index is 10.2. The minimum absolute atomic E-state index is 0.0168. The molecule has 46 valence electrons. The van der Waals surface area contributed by atoms with Crippen LogP contribution in [-0.2, 0) is 4.79 Å². The van der Waals surface area contributed by atoms with Crippen molar-refractivity contribution in [1.82, 2.24) is 5.32 Å². The maximum Gasteiger partial charge on any atom is 0.217 e. The lowest BCUT2D eigenvalue weighted by molar-refractivity contribution is -0.118. The standard InChI is InChI=1S/C6H11NO/c1-3-4-5-7-6(2)8/h3-4H,5H2,1-2H3,(H,7,8). The quantitative estimate of drug-likeness (QED) is 0.525. The van der Waals surface area contributed by atoms with E-state index in [1.54, 1.807) is 0 Å². The zero-order valence-electron chi connectivity index (χ0n) is 5.27. The highest BCUT2D eigenvalue weighted by atomic mass is 16.1. The van der Waals surface area contributed by atoms with Gasteiger partial charge in [-0.1, -0.05) is 12.2 Å². The highest BCUT2D eigenvalue weighted by Gasteiger charge is 1.81. The van der Waals surface area contributed by atoms with Gasteiger partial charge in [-0.3, -0.25) is 4.79 Å². The molecule has 0 aliphatic heterocycles. The molecule has 0 aromatic carbocycles. The SMILES string of the molecule is CC=CCNC(C)=O. The van der Waals surface area contributed by atoms with Crippen LogP contribution in [0.25, 0.3) is 0 Å². The molecule has 0 fully saturated rings. The molecular weight excluding hydrogens is 102 g/mol. The molecule has 1 amide bonds. The number of carbonyl (C=O) groups excluding carboxylic acids is 1. The predicted molar refractivity (Wildman–Crippen MR) is 33.5 cm³/mol. The van der Waals surface area contributed by atoms with Gasteiger partial charge in [-0.15, -0.1) is 0 Å². The second-order valence-electron chi connectivity index (χ2n) is 1.51. The Bertz CT molecular complexity index is 96.7. The monoisotopic (exact) mass is 113 g/mol. The van der Waals surface area contributed by atoms with Crippen molar-refractivity contribution in [2.75, 3.05) is 6.54 Å². The number of allylic oxidation sites excluding steroid dienone is 1.